The Labute approximate surface area is 119 Å². The second-order valence-corrected chi connectivity index (χ2v) is 5.33. The van der Waals surface area contributed by atoms with Gasteiger partial charge in [-0.05, 0) is 38.6 Å². The maximum Gasteiger partial charge on any atom is 0.226 e. The van der Waals surface area contributed by atoms with Gasteiger partial charge in [-0.25, -0.2) is 4.98 Å². The minimum absolute atomic E-state index is 0.622. The summed E-state index contributed by atoms with van der Waals surface area (Å²) in [5, 5.41) is 3.27. The van der Waals surface area contributed by atoms with E-state index in [1.165, 1.54) is 12.8 Å². The van der Waals surface area contributed by atoms with E-state index in [9.17, 15) is 0 Å². The van der Waals surface area contributed by atoms with Gasteiger partial charge in [0.25, 0.3) is 0 Å². The van der Waals surface area contributed by atoms with Gasteiger partial charge in [-0.3, -0.25) is 4.90 Å². The third-order valence-electron chi connectivity index (χ3n) is 3.88. The van der Waals surface area contributed by atoms with Crippen molar-refractivity contribution in [1.29, 1.82) is 0 Å². The molecule has 1 unspecified atom stereocenters. The minimum Gasteiger partial charge on any atom is -0.444 e. The van der Waals surface area contributed by atoms with Crippen molar-refractivity contribution in [3.63, 3.8) is 0 Å². The van der Waals surface area contributed by atoms with Crippen molar-refractivity contribution in [3.05, 3.63) is 42.3 Å². The first-order valence-corrected chi connectivity index (χ1v) is 7.25. The molecule has 0 radical (unpaired) electrons. The Kier molecular flexibility index (Phi) is 4.14. The molecule has 1 fully saturated rings. The number of rotatable bonds is 5. The van der Waals surface area contributed by atoms with Gasteiger partial charge in [0, 0.05) is 24.7 Å². The molecule has 106 valence electrons. The summed E-state index contributed by atoms with van der Waals surface area (Å²) >= 11 is 0. The van der Waals surface area contributed by atoms with Gasteiger partial charge in [-0.1, -0.05) is 18.2 Å². The Morgan fingerprint density at radius 2 is 2.20 bits per heavy atom. The van der Waals surface area contributed by atoms with Gasteiger partial charge in [0.1, 0.15) is 6.26 Å². The smallest absolute Gasteiger partial charge is 0.226 e. The quantitative estimate of drug-likeness (QED) is 0.907. The van der Waals surface area contributed by atoms with E-state index in [0.717, 1.165) is 30.9 Å². The highest BCUT2D eigenvalue weighted by atomic mass is 16.3. The van der Waals surface area contributed by atoms with Crippen LogP contribution in [0.1, 0.15) is 18.5 Å². The van der Waals surface area contributed by atoms with Crippen LogP contribution in [-0.4, -0.2) is 36.1 Å². The Bertz CT molecular complexity index is 538. The number of nitrogens with zero attached hydrogens (tertiary/aromatic N) is 2. The van der Waals surface area contributed by atoms with Crippen molar-refractivity contribution in [1.82, 2.24) is 15.2 Å². The average molecular weight is 271 g/mol. The highest BCUT2D eigenvalue weighted by Crippen LogP contribution is 2.22. The Morgan fingerprint density at radius 1 is 1.35 bits per heavy atom. The lowest BCUT2D eigenvalue weighted by Crippen LogP contribution is -2.36. The van der Waals surface area contributed by atoms with Gasteiger partial charge in [0.05, 0.1) is 5.69 Å². The number of likely N-dealkylation sites (tertiary alicyclic amines) is 1. The van der Waals surface area contributed by atoms with Crippen LogP contribution in [0.4, 0.5) is 0 Å². The lowest BCUT2D eigenvalue weighted by molar-refractivity contribution is 0.239. The van der Waals surface area contributed by atoms with E-state index in [4.69, 9.17) is 4.42 Å². The van der Waals surface area contributed by atoms with Gasteiger partial charge in [0.2, 0.25) is 5.89 Å². The monoisotopic (exact) mass is 271 g/mol. The van der Waals surface area contributed by atoms with Crippen LogP contribution < -0.4 is 5.32 Å². The first kappa shape index (κ1) is 13.3. The fourth-order valence-electron chi connectivity index (χ4n) is 2.87. The minimum atomic E-state index is 0.622. The number of hydrogen-bond acceptors (Lipinski definition) is 4. The summed E-state index contributed by atoms with van der Waals surface area (Å²) in [6, 6.07) is 10.7. The van der Waals surface area contributed by atoms with Gasteiger partial charge >= 0.3 is 0 Å². The maximum absolute atomic E-state index is 5.60. The number of likely N-dealkylation sites (N-methyl/N-ethyl adjacent to an activating group) is 1. The van der Waals surface area contributed by atoms with Crippen LogP contribution in [0.25, 0.3) is 11.5 Å². The zero-order chi connectivity index (χ0) is 13.8. The SMILES string of the molecule is CNCC1CCCN1Cc1coc(-c2ccccc2)n1. The molecule has 4 heteroatoms. The van der Waals surface area contributed by atoms with Gasteiger partial charge < -0.3 is 9.73 Å². The van der Waals surface area contributed by atoms with Crippen molar-refractivity contribution in [3.8, 4) is 11.5 Å². The predicted molar refractivity (Wildman–Crippen MR) is 79.3 cm³/mol. The van der Waals surface area contributed by atoms with Crippen molar-refractivity contribution < 1.29 is 4.42 Å². The van der Waals surface area contributed by atoms with Gasteiger partial charge in [0.15, 0.2) is 0 Å². The third-order valence-corrected chi connectivity index (χ3v) is 3.88. The van der Waals surface area contributed by atoms with Crippen LogP contribution in [0.3, 0.4) is 0 Å². The highest BCUT2D eigenvalue weighted by molar-refractivity contribution is 5.52. The van der Waals surface area contributed by atoms with Crippen molar-refractivity contribution >= 4 is 0 Å². The van der Waals surface area contributed by atoms with Crippen LogP contribution in [-0.2, 0) is 6.54 Å². The number of oxazole rings is 1. The molecule has 0 bridgehead atoms. The molecule has 0 spiro atoms. The molecule has 20 heavy (non-hydrogen) atoms. The zero-order valence-electron chi connectivity index (χ0n) is 11.9. The molecule has 1 aromatic carbocycles. The molecule has 3 rings (SSSR count). The number of benzene rings is 1. The van der Waals surface area contributed by atoms with Crippen LogP contribution in [0, 0.1) is 0 Å². The lowest BCUT2D eigenvalue weighted by Gasteiger charge is -2.22. The topological polar surface area (TPSA) is 41.3 Å². The summed E-state index contributed by atoms with van der Waals surface area (Å²) in [5.74, 6) is 0.713. The molecule has 2 aromatic rings. The summed E-state index contributed by atoms with van der Waals surface area (Å²) in [6.07, 6.45) is 4.33. The number of hydrogen-bond donors (Lipinski definition) is 1. The summed E-state index contributed by atoms with van der Waals surface area (Å²) < 4.78 is 5.60. The molecule has 0 saturated carbocycles. The van der Waals surface area contributed by atoms with Crippen molar-refractivity contribution in [2.45, 2.75) is 25.4 Å². The fourth-order valence-corrected chi connectivity index (χ4v) is 2.87. The summed E-state index contributed by atoms with van der Waals surface area (Å²) in [6.45, 7) is 3.08. The van der Waals surface area contributed by atoms with E-state index >= 15 is 0 Å². The molecular formula is C16H21N3O. The average Bonchev–Trinajstić information content (AvgIpc) is 3.11. The first-order valence-electron chi connectivity index (χ1n) is 7.25. The Morgan fingerprint density at radius 3 is 3.00 bits per heavy atom. The molecular weight excluding hydrogens is 250 g/mol. The van der Waals surface area contributed by atoms with Crippen molar-refractivity contribution in [2.24, 2.45) is 0 Å². The fraction of sp³-hybridized carbons (Fsp3) is 0.438. The van der Waals surface area contributed by atoms with E-state index in [0.29, 0.717) is 11.9 Å². The second kappa shape index (κ2) is 6.20. The van der Waals surface area contributed by atoms with Gasteiger partial charge in [-0.2, -0.15) is 0 Å². The van der Waals surface area contributed by atoms with Crippen LogP contribution in [0.2, 0.25) is 0 Å². The standard InChI is InChI=1S/C16H21N3O/c1-17-10-15-8-5-9-19(15)11-14-12-20-16(18-14)13-6-3-2-4-7-13/h2-4,6-7,12,15,17H,5,8-11H2,1H3. The molecule has 0 aliphatic carbocycles. The van der Waals surface area contributed by atoms with E-state index in [-0.39, 0.29) is 0 Å². The summed E-state index contributed by atoms with van der Waals surface area (Å²) in [4.78, 5) is 7.10. The normalized spacial score (nSPS) is 19.6. The molecule has 1 aliphatic rings. The Hall–Kier alpha value is -1.65. The first-order chi connectivity index (χ1) is 9.86. The molecule has 1 aromatic heterocycles. The molecule has 4 nitrogen and oxygen atoms in total. The van der Waals surface area contributed by atoms with Gasteiger partial charge in [-0.15, -0.1) is 0 Å². The molecule has 2 heterocycles. The molecule has 0 amide bonds. The zero-order valence-corrected chi connectivity index (χ0v) is 11.9. The third kappa shape index (κ3) is 2.92. The highest BCUT2D eigenvalue weighted by Gasteiger charge is 2.24. The van der Waals surface area contributed by atoms with E-state index in [2.05, 4.69) is 15.2 Å². The molecule has 1 aliphatic heterocycles. The van der Waals surface area contributed by atoms with Crippen LogP contribution in [0.5, 0.6) is 0 Å². The summed E-state index contributed by atoms with van der Waals surface area (Å²) in [5.41, 5.74) is 2.05. The summed E-state index contributed by atoms with van der Waals surface area (Å²) in [7, 11) is 2.01. The molecule has 1 saturated heterocycles. The lowest BCUT2D eigenvalue weighted by atomic mass is 10.2. The maximum atomic E-state index is 5.60. The second-order valence-electron chi connectivity index (χ2n) is 5.33. The molecule has 1 N–H and O–H groups in total. The predicted octanol–water partition coefficient (Wildman–Crippen LogP) is 2.53. The molecule has 1 atom stereocenters. The Balaban J connectivity index is 1.68. The number of aromatic nitrogens is 1. The number of nitrogens with one attached hydrogen (secondary N) is 1. The van der Waals surface area contributed by atoms with E-state index in [1.54, 1.807) is 6.26 Å². The van der Waals surface area contributed by atoms with Crippen LogP contribution >= 0.6 is 0 Å². The van der Waals surface area contributed by atoms with Crippen LogP contribution in [0.15, 0.2) is 41.0 Å². The largest absolute Gasteiger partial charge is 0.444 e. The van der Waals surface area contributed by atoms with E-state index in [1.807, 2.05) is 37.4 Å². The van der Waals surface area contributed by atoms with E-state index < -0.39 is 0 Å². The van der Waals surface area contributed by atoms with Crippen molar-refractivity contribution in [2.75, 3.05) is 20.1 Å².